The third-order valence-corrected chi connectivity index (χ3v) is 3.68. The molecular formula is C11H19NO3. The van der Waals surface area contributed by atoms with E-state index in [1.165, 1.54) is 19.3 Å². The second kappa shape index (κ2) is 4.37. The van der Waals surface area contributed by atoms with Gasteiger partial charge >= 0.3 is 0 Å². The van der Waals surface area contributed by atoms with Gasteiger partial charge in [0.25, 0.3) is 0 Å². The van der Waals surface area contributed by atoms with Crippen LogP contribution in [0.4, 0.5) is 0 Å². The Morgan fingerprint density at radius 2 is 2.20 bits per heavy atom. The summed E-state index contributed by atoms with van der Waals surface area (Å²) in [5, 5.41) is 3.58. The third-order valence-electron chi connectivity index (χ3n) is 3.68. The highest BCUT2D eigenvalue weighted by Crippen LogP contribution is 2.34. The number of ether oxygens (including phenoxy) is 3. The monoisotopic (exact) mass is 213 g/mol. The van der Waals surface area contributed by atoms with Gasteiger partial charge < -0.3 is 19.5 Å². The number of fused-ring (bicyclic) bond motifs is 2. The van der Waals surface area contributed by atoms with Crippen molar-refractivity contribution in [3.8, 4) is 0 Å². The molecule has 3 aliphatic rings. The first-order chi connectivity index (χ1) is 7.42. The van der Waals surface area contributed by atoms with Crippen molar-refractivity contribution in [3.63, 3.8) is 0 Å². The fraction of sp³-hybridized carbons (Fsp3) is 1.00. The van der Waals surface area contributed by atoms with Crippen molar-refractivity contribution in [2.24, 2.45) is 0 Å². The van der Waals surface area contributed by atoms with Crippen molar-refractivity contribution >= 4 is 0 Å². The van der Waals surface area contributed by atoms with Gasteiger partial charge in [-0.15, -0.1) is 0 Å². The van der Waals surface area contributed by atoms with E-state index in [1.807, 2.05) is 0 Å². The van der Waals surface area contributed by atoms with E-state index in [0.29, 0.717) is 31.1 Å². The standard InChI is InChI=1S/C11H19NO3/c1-2-11-10(5-8(1)15-11)12-6-9-3-4-13-7-14-9/h8-12H,1-7H2. The first kappa shape index (κ1) is 10.0. The molecule has 0 saturated carbocycles. The molecule has 0 aromatic rings. The van der Waals surface area contributed by atoms with Crippen molar-refractivity contribution in [2.45, 2.75) is 50.0 Å². The number of hydrogen-bond acceptors (Lipinski definition) is 4. The third kappa shape index (κ3) is 2.18. The van der Waals surface area contributed by atoms with Crippen LogP contribution in [0.5, 0.6) is 0 Å². The van der Waals surface area contributed by atoms with E-state index >= 15 is 0 Å². The molecule has 4 unspecified atom stereocenters. The van der Waals surface area contributed by atoms with Crippen LogP contribution in [0, 0.1) is 0 Å². The predicted octanol–water partition coefficient (Wildman–Crippen LogP) is 0.659. The number of hydrogen-bond donors (Lipinski definition) is 1. The maximum absolute atomic E-state index is 5.80. The van der Waals surface area contributed by atoms with Gasteiger partial charge in [0.2, 0.25) is 0 Å². The van der Waals surface area contributed by atoms with E-state index in [0.717, 1.165) is 19.6 Å². The Bertz CT molecular complexity index is 218. The van der Waals surface area contributed by atoms with Crippen LogP contribution >= 0.6 is 0 Å². The molecule has 4 heteroatoms. The molecule has 0 amide bonds. The first-order valence-corrected chi connectivity index (χ1v) is 6.00. The van der Waals surface area contributed by atoms with Gasteiger partial charge in [-0.1, -0.05) is 0 Å². The van der Waals surface area contributed by atoms with Crippen molar-refractivity contribution in [3.05, 3.63) is 0 Å². The minimum Gasteiger partial charge on any atom is -0.373 e. The molecule has 3 saturated heterocycles. The lowest BCUT2D eigenvalue weighted by Gasteiger charge is -2.26. The highest BCUT2D eigenvalue weighted by Gasteiger charge is 2.40. The summed E-state index contributed by atoms with van der Waals surface area (Å²) in [6.07, 6.45) is 6.02. The molecule has 0 spiro atoms. The summed E-state index contributed by atoms with van der Waals surface area (Å²) in [4.78, 5) is 0. The van der Waals surface area contributed by atoms with Gasteiger partial charge in [0.05, 0.1) is 24.9 Å². The molecule has 4 nitrogen and oxygen atoms in total. The lowest BCUT2D eigenvalue weighted by atomic mass is 9.95. The second-order valence-electron chi connectivity index (χ2n) is 4.73. The maximum Gasteiger partial charge on any atom is 0.147 e. The zero-order valence-corrected chi connectivity index (χ0v) is 8.98. The van der Waals surface area contributed by atoms with Crippen molar-refractivity contribution in [1.29, 1.82) is 0 Å². The SMILES string of the molecule is C1CC(CNC2CC3CCC2O3)OCO1. The Hall–Kier alpha value is -0.160. The van der Waals surface area contributed by atoms with E-state index < -0.39 is 0 Å². The first-order valence-electron chi connectivity index (χ1n) is 6.00. The topological polar surface area (TPSA) is 39.7 Å². The quantitative estimate of drug-likeness (QED) is 0.747. The Morgan fingerprint density at radius 3 is 2.87 bits per heavy atom. The summed E-state index contributed by atoms with van der Waals surface area (Å²) in [5.74, 6) is 0. The minimum absolute atomic E-state index is 0.331. The van der Waals surface area contributed by atoms with Gasteiger partial charge in [0.1, 0.15) is 6.79 Å². The summed E-state index contributed by atoms with van der Waals surface area (Å²) in [6.45, 7) is 2.24. The fourth-order valence-corrected chi connectivity index (χ4v) is 2.80. The van der Waals surface area contributed by atoms with Crippen molar-refractivity contribution < 1.29 is 14.2 Å². The van der Waals surface area contributed by atoms with E-state index in [4.69, 9.17) is 14.2 Å². The molecule has 1 N–H and O–H groups in total. The maximum atomic E-state index is 5.80. The lowest BCUT2D eigenvalue weighted by molar-refractivity contribution is -0.137. The molecule has 86 valence electrons. The largest absolute Gasteiger partial charge is 0.373 e. The van der Waals surface area contributed by atoms with Crippen molar-refractivity contribution in [1.82, 2.24) is 5.32 Å². The van der Waals surface area contributed by atoms with Gasteiger partial charge in [-0.25, -0.2) is 0 Å². The van der Waals surface area contributed by atoms with Gasteiger partial charge in [0, 0.05) is 12.6 Å². The average Bonchev–Trinajstić information content (AvgIpc) is 2.89. The van der Waals surface area contributed by atoms with E-state index in [9.17, 15) is 0 Å². The van der Waals surface area contributed by atoms with Crippen LogP contribution in [0.25, 0.3) is 0 Å². The number of nitrogens with one attached hydrogen (secondary N) is 1. The lowest BCUT2D eigenvalue weighted by Crippen LogP contribution is -2.43. The average molecular weight is 213 g/mol. The Kier molecular flexibility index (Phi) is 2.92. The van der Waals surface area contributed by atoms with Crippen LogP contribution in [-0.4, -0.2) is 44.3 Å². The molecule has 0 radical (unpaired) electrons. The van der Waals surface area contributed by atoms with Crippen LogP contribution in [0.2, 0.25) is 0 Å². The summed E-state index contributed by atoms with van der Waals surface area (Å²) in [7, 11) is 0. The van der Waals surface area contributed by atoms with Crippen molar-refractivity contribution in [2.75, 3.05) is 19.9 Å². The highest BCUT2D eigenvalue weighted by molar-refractivity contribution is 4.94. The minimum atomic E-state index is 0.331. The molecule has 0 aromatic carbocycles. The summed E-state index contributed by atoms with van der Waals surface area (Å²) >= 11 is 0. The Balaban J connectivity index is 1.42. The van der Waals surface area contributed by atoms with Gasteiger partial charge in [-0.05, 0) is 25.7 Å². The Morgan fingerprint density at radius 1 is 1.20 bits per heavy atom. The van der Waals surface area contributed by atoms with Crippen LogP contribution in [-0.2, 0) is 14.2 Å². The van der Waals surface area contributed by atoms with Crippen LogP contribution in [0.3, 0.4) is 0 Å². The van der Waals surface area contributed by atoms with Crippen LogP contribution in [0.15, 0.2) is 0 Å². The molecule has 3 fully saturated rings. The molecule has 3 aliphatic heterocycles. The zero-order valence-electron chi connectivity index (χ0n) is 8.98. The highest BCUT2D eigenvalue weighted by atomic mass is 16.7. The molecular weight excluding hydrogens is 194 g/mol. The smallest absolute Gasteiger partial charge is 0.147 e. The summed E-state index contributed by atoms with van der Waals surface area (Å²) in [5.41, 5.74) is 0. The number of rotatable bonds is 3. The molecule has 15 heavy (non-hydrogen) atoms. The van der Waals surface area contributed by atoms with Gasteiger partial charge in [-0.2, -0.15) is 0 Å². The van der Waals surface area contributed by atoms with Crippen LogP contribution < -0.4 is 5.32 Å². The Labute approximate surface area is 90.3 Å². The predicted molar refractivity (Wildman–Crippen MR) is 54.6 cm³/mol. The fourth-order valence-electron chi connectivity index (χ4n) is 2.80. The van der Waals surface area contributed by atoms with E-state index in [-0.39, 0.29) is 0 Å². The van der Waals surface area contributed by atoms with Crippen LogP contribution in [0.1, 0.15) is 25.7 Å². The van der Waals surface area contributed by atoms with E-state index in [1.54, 1.807) is 0 Å². The van der Waals surface area contributed by atoms with Gasteiger partial charge in [0.15, 0.2) is 0 Å². The van der Waals surface area contributed by atoms with E-state index in [2.05, 4.69) is 5.32 Å². The molecule has 4 atom stereocenters. The second-order valence-corrected chi connectivity index (χ2v) is 4.73. The molecule has 0 aromatic heterocycles. The normalized spacial score (nSPS) is 44.8. The van der Waals surface area contributed by atoms with Gasteiger partial charge in [-0.3, -0.25) is 0 Å². The molecule has 0 aliphatic carbocycles. The summed E-state index contributed by atoms with van der Waals surface area (Å²) < 4.78 is 16.4. The molecule has 3 rings (SSSR count). The summed E-state index contributed by atoms with van der Waals surface area (Å²) in [6, 6.07) is 0.565. The molecule has 3 heterocycles. The molecule has 2 bridgehead atoms. The zero-order chi connectivity index (χ0) is 10.1.